The summed E-state index contributed by atoms with van der Waals surface area (Å²) in [5.74, 6) is 0.430. The number of carbonyl (C=O) groups is 1. The SMILES string of the molecule is Cc1cc(-c2ccc(CC(=O)CC(C)c3ccc4cccnc4c3)cc2)ccn1. The average Bonchev–Trinajstić information content (AvgIpc) is 2.74. The summed E-state index contributed by atoms with van der Waals surface area (Å²) in [6.45, 7) is 4.10. The lowest BCUT2D eigenvalue weighted by atomic mass is 9.92. The van der Waals surface area contributed by atoms with Gasteiger partial charge in [0.25, 0.3) is 0 Å². The van der Waals surface area contributed by atoms with E-state index in [0.29, 0.717) is 12.8 Å². The van der Waals surface area contributed by atoms with Crippen LogP contribution in [0, 0.1) is 6.92 Å². The molecule has 0 spiro atoms. The first-order chi connectivity index (χ1) is 14.1. The Morgan fingerprint density at radius 3 is 2.52 bits per heavy atom. The van der Waals surface area contributed by atoms with E-state index in [0.717, 1.165) is 38.9 Å². The number of ketones is 1. The number of carbonyl (C=O) groups excluding carboxylic acids is 1. The fraction of sp³-hybridized carbons (Fsp3) is 0.192. The monoisotopic (exact) mass is 380 g/mol. The second-order valence-electron chi connectivity index (χ2n) is 7.66. The van der Waals surface area contributed by atoms with Crippen LogP contribution in [0.1, 0.15) is 36.1 Å². The van der Waals surface area contributed by atoms with E-state index in [1.807, 2.05) is 37.4 Å². The Balaban J connectivity index is 1.41. The zero-order valence-corrected chi connectivity index (χ0v) is 16.8. The predicted molar refractivity (Wildman–Crippen MR) is 118 cm³/mol. The van der Waals surface area contributed by atoms with Crippen LogP contribution in [0.5, 0.6) is 0 Å². The number of nitrogens with zero attached hydrogens (tertiary/aromatic N) is 2. The number of rotatable bonds is 6. The smallest absolute Gasteiger partial charge is 0.137 e. The molecule has 0 amide bonds. The van der Waals surface area contributed by atoms with Crippen molar-refractivity contribution < 1.29 is 4.79 Å². The van der Waals surface area contributed by atoms with Gasteiger partial charge in [-0.15, -0.1) is 0 Å². The summed E-state index contributed by atoms with van der Waals surface area (Å²) in [6.07, 6.45) is 4.63. The van der Waals surface area contributed by atoms with Crippen molar-refractivity contribution in [1.29, 1.82) is 0 Å². The number of Topliss-reactive ketones (excluding diaryl/α,β-unsaturated/α-hetero) is 1. The summed E-state index contributed by atoms with van der Waals surface area (Å²) in [5.41, 5.74) is 6.48. The van der Waals surface area contributed by atoms with E-state index >= 15 is 0 Å². The van der Waals surface area contributed by atoms with E-state index in [1.54, 1.807) is 6.20 Å². The molecule has 3 nitrogen and oxygen atoms in total. The van der Waals surface area contributed by atoms with Crippen LogP contribution in [-0.2, 0) is 11.2 Å². The standard InChI is InChI=1S/C26H24N2O/c1-18(23-10-9-22-4-3-12-28-26(22)17-23)14-25(29)16-20-5-7-21(8-6-20)24-11-13-27-19(2)15-24/h3-13,15,17-18H,14,16H2,1-2H3. The van der Waals surface area contributed by atoms with Crippen molar-refractivity contribution in [2.24, 2.45) is 0 Å². The number of aryl methyl sites for hydroxylation is 1. The maximum atomic E-state index is 12.6. The van der Waals surface area contributed by atoms with Crippen molar-refractivity contribution >= 4 is 16.7 Å². The average molecular weight is 380 g/mol. The molecule has 0 N–H and O–H groups in total. The third-order valence-electron chi connectivity index (χ3n) is 5.32. The van der Waals surface area contributed by atoms with Crippen LogP contribution in [0.25, 0.3) is 22.0 Å². The Morgan fingerprint density at radius 2 is 1.72 bits per heavy atom. The second-order valence-corrected chi connectivity index (χ2v) is 7.66. The number of hydrogen-bond acceptors (Lipinski definition) is 3. The first-order valence-corrected chi connectivity index (χ1v) is 9.97. The third-order valence-corrected chi connectivity index (χ3v) is 5.32. The maximum Gasteiger partial charge on any atom is 0.137 e. The molecule has 0 aliphatic heterocycles. The highest BCUT2D eigenvalue weighted by Gasteiger charge is 2.13. The summed E-state index contributed by atoms with van der Waals surface area (Å²) in [6, 6.07) is 22.6. The van der Waals surface area contributed by atoms with Crippen molar-refractivity contribution in [3.8, 4) is 11.1 Å². The van der Waals surface area contributed by atoms with Gasteiger partial charge >= 0.3 is 0 Å². The van der Waals surface area contributed by atoms with Crippen LogP contribution in [0.2, 0.25) is 0 Å². The van der Waals surface area contributed by atoms with Gasteiger partial charge in [0.15, 0.2) is 0 Å². The Morgan fingerprint density at radius 1 is 0.897 bits per heavy atom. The first kappa shape index (κ1) is 19.0. The normalized spacial score (nSPS) is 12.1. The zero-order valence-electron chi connectivity index (χ0n) is 16.8. The fourth-order valence-corrected chi connectivity index (χ4v) is 3.69. The molecule has 2 heterocycles. The molecule has 2 aromatic heterocycles. The van der Waals surface area contributed by atoms with Crippen molar-refractivity contribution in [1.82, 2.24) is 9.97 Å². The Hall–Kier alpha value is -3.33. The number of benzene rings is 2. The predicted octanol–water partition coefficient (Wildman–Crippen LogP) is 5.91. The first-order valence-electron chi connectivity index (χ1n) is 9.97. The quantitative estimate of drug-likeness (QED) is 0.417. The van der Waals surface area contributed by atoms with E-state index in [-0.39, 0.29) is 11.7 Å². The highest BCUT2D eigenvalue weighted by atomic mass is 16.1. The molecule has 1 atom stereocenters. The van der Waals surface area contributed by atoms with Gasteiger partial charge in [-0.2, -0.15) is 0 Å². The minimum Gasteiger partial charge on any atom is -0.299 e. The fourth-order valence-electron chi connectivity index (χ4n) is 3.69. The molecule has 3 heteroatoms. The molecule has 1 unspecified atom stereocenters. The third kappa shape index (κ3) is 4.57. The van der Waals surface area contributed by atoms with Gasteiger partial charge in [-0.25, -0.2) is 0 Å². The topological polar surface area (TPSA) is 42.9 Å². The molecule has 0 radical (unpaired) electrons. The van der Waals surface area contributed by atoms with Gasteiger partial charge < -0.3 is 0 Å². The molecule has 0 saturated carbocycles. The summed E-state index contributed by atoms with van der Waals surface area (Å²) < 4.78 is 0. The molecule has 0 bridgehead atoms. The van der Waals surface area contributed by atoms with E-state index in [4.69, 9.17) is 0 Å². The zero-order chi connectivity index (χ0) is 20.2. The summed E-state index contributed by atoms with van der Waals surface area (Å²) in [5, 5.41) is 1.12. The van der Waals surface area contributed by atoms with Crippen LogP contribution in [-0.4, -0.2) is 15.8 Å². The molecular formula is C26H24N2O. The van der Waals surface area contributed by atoms with E-state index in [1.165, 1.54) is 0 Å². The van der Waals surface area contributed by atoms with Gasteiger partial charge in [0.1, 0.15) is 5.78 Å². The largest absolute Gasteiger partial charge is 0.299 e. The number of fused-ring (bicyclic) bond motifs is 1. The molecule has 4 rings (SSSR count). The maximum absolute atomic E-state index is 12.6. The molecule has 144 valence electrons. The summed E-state index contributed by atoms with van der Waals surface area (Å²) in [4.78, 5) is 21.3. The lowest BCUT2D eigenvalue weighted by molar-refractivity contribution is -0.118. The van der Waals surface area contributed by atoms with Gasteiger partial charge in [-0.05, 0) is 59.4 Å². The van der Waals surface area contributed by atoms with Crippen molar-refractivity contribution in [3.05, 3.63) is 95.9 Å². The highest BCUT2D eigenvalue weighted by molar-refractivity contribution is 5.83. The number of aromatic nitrogens is 2. The van der Waals surface area contributed by atoms with E-state index in [2.05, 4.69) is 59.4 Å². The molecular weight excluding hydrogens is 356 g/mol. The van der Waals surface area contributed by atoms with Crippen LogP contribution in [0.4, 0.5) is 0 Å². The van der Waals surface area contributed by atoms with Crippen molar-refractivity contribution in [2.75, 3.05) is 0 Å². The Kier molecular flexibility index (Phi) is 5.48. The summed E-state index contributed by atoms with van der Waals surface area (Å²) in [7, 11) is 0. The molecule has 2 aromatic carbocycles. The van der Waals surface area contributed by atoms with Crippen molar-refractivity contribution in [2.45, 2.75) is 32.6 Å². The number of pyridine rings is 2. The minimum atomic E-state index is 0.174. The second kappa shape index (κ2) is 8.36. The molecule has 29 heavy (non-hydrogen) atoms. The van der Waals surface area contributed by atoms with Gasteiger partial charge in [-0.3, -0.25) is 14.8 Å². The van der Waals surface area contributed by atoms with Gasteiger partial charge in [0.05, 0.1) is 5.52 Å². The lowest BCUT2D eigenvalue weighted by Gasteiger charge is -2.12. The van der Waals surface area contributed by atoms with Gasteiger partial charge in [-0.1, -0.05) is 49.4 Å². The Bertz CT molecular complexity index is 1150. The van der Waals surface area contributed by atoms with Gasteiger partial charge in [0.2, 0.25) is 0 Å². The molecule has 0 aliphatic rings. The van der Waals surface area contributed by atoms with Gasteiger partial charge in [0, 0.05) is 36.3 Å². The van der Waals surface area contributed by atoms with Crippen molar-refractivity contribution in [3.63, 3.8) is 0 Å². The highest BCUT2D eigenvalue weighted by Crippen LogP contribution is 2.24. The van der Waals surface area contributed by atoms with E-state index in [9.17, 15) is 4.79 Å². The molecule has 4 aromatic rings. The Labute approximate surface area is 171 Å². The molecule has 0 saturated heterocycles. The molecule has 0 fully saturated rings. The minimum absolute atomic E-state index is 0.174. The molecule has 0 aliphatic carbocycles. The van der Waals surface area contributed by atoms with Crippen LogP contribution in [0.15, 0.2) is 79.1 Å². The van der Waals surface area contributed by atoms with E-state index < -0.39 is 0 Å². The van der Waals surface area contributed by atoms with Crippen LogP contribution >= 0.6 is 0 Å². The lowest BCUT2D eigenvalue weighted by Crippen LogP contribution is -2.07. The number of hydrogen-bond donors (Lipinski definition) is 0. The van der Waals surface area contributed by atoms with Crippen LogP contribution < -0.4 is 0 Å². The summed E-state index contributed by atoms with van der Waals surface area (Å²) >= 11 is 0. The van der Waals surface area contributed by atoms with Crippen LogP contribution in [0.3, 0.4) is 0 Å².